The predicted octanol–water partition coefficient (Wildman–Crippen LogP) is 2.03. The highest BCUT2D eigenvalue weighted by atomic mass is 16.5. The second-order valence-corrected chi connectivity index (χ2v) is 4.25. The Labute approximate surface area is 117 Å². The quantitative estimate of drug-likeness (QED) is 0.641. The Morgan fingerprint density at radius 2 is 1.85 bits per heavy atom. The van der Waals surface area contributed by atoms with Gasteiger partial charge in [0.1, 0.15) is 5.75 Å². The lowest BCUT2D eigenvalue weighted by Crippen LogP contribution is -2.15. The Kier molecular flexibility index (Phi) is 4.49. The van der Waals surface area contributed by atoms with Crippen molar-refractivity contribution in [1.29, 1.82) is 5.41 Å². The zero-order valence-corrected chi connectivity index (χ0v) is 11.2. The van der Waals surface area contributed by atoms with Crippen molar-refractivity contribution in [1.82, 2.24) is 9.97 Å². The maximum atomic E-state index is 6.96. The van der Waals surface area contributed by atoms with Crippen molar-refractivity contribution in [3.8, 4) is 11.8 Å². The number of rotatable bonds is 5. The molecule has 3 N–H and O–H groups in total. The molecule has 1 heterocycles. The van der Waals surface area contributed by atoms with Crippen molar-refractivity contribution in [3.05, 3.63) is 47.8 Å². The summed E-state index contributed by atoms with van der Waals surface area (Å²) in [6.07, 6.45) is 4.09. The van der Waals surface area contributed by atoms with Crippen LogP contribution in [0.3, 0.4) is 0 Å². The first-order chi connectivity index (χ1) is 9.63. The van der Waals surface area contributed by atoms with Crippen LogP contribution in [0.15, 0.2) is 36.7 Å². The third-order valence-electron chi connectivity index (χ3n) is 2.54. The van der Waals surface area contributed by atoms with Crippen molar-refractivity contribution >= 4 is 6.02 Å². The molecular weight excluding hydrogens is 256 g/mol. The molecule has 6 nitrogen and oxygen atoms in total. The van der Waals surface area contributed by atoms with Crippen molar-refractivity contribution in [3.63, 3.8) is 0 Å². The van der Waals surface area contributed by atoms with Crippen molar-refractivity contribution in [2.45, 2.75) is 13.3 Å². The lowest BCUT2D eigenvalue weighted by atomic mass is 10.1. The molecule has 0 spiro atoms. The number of nitrogens with zero attached hydrogens (tertiary/aromatic N) is 2. The van der Waals surface area contributed by atoms with E-state index in [0.717, 1.165) is 11.1 Å². The average Bonchev–Trinajstić information content (AvgIpc) is 2.43. The van der Waals surface area contributed by atoms with Gasteiger partial charge in [-0.3, -0.25) is 5.41 Å². The van der Waals surface area contributed by atoms with Gasteiger partial charge in [0.05, 0.1) is 6.61 Å². The van der Waals surface area contributed by atoms with Gasteiger partial charge in [-0.25, -0.2) is 9.97 Å². The molecule has 0 bridgehead atoms. The largest absolute Gasteiger partial charge is 0.465 e. The van der Waals surface area contributed by atoms with Gasteiger partial charge >= 0.3 is 6.01 Å². The summed E-state index contributed by atoms with van der Waals surface area (Å²) in [5, 5.41) is 6.96. The van der Waals surface area contributed by atoms with Gasteiger partial charge < -0.3 is 15.2 Å². The van der Waals surface area contributed by atoms with E-state index >= 15 is 0 Å². The normalized spacial score (nSPS) is 10.1. The molecule has 1 aromatic heterocycles. The Morgan fingerprint density at radius 3 is 2.45 bits per heavy atom. The third kappa shape index (κ3) is 4.24. The van der Waals surface area contributed by atoms with Crippen molar-refractivity contribution < 1.29 is 9.47 Å². The number of nitrogens with one attached hydrogen (secondary N) is 1. The number of hydrogen-bond acceptors (Lipinski definition) is 5. The second-order valence-electron chi connectivity index (χ2n) is 4.25. The summed E-state index contributed by atoms with van der Waals surface area (Å²) in [6.45, 7) is 2.30. The first kappa shape index (κ1) is 13.8. The van der Waals surface area contributed by atoms with Gasteiger partial charge in [0.2, 0.25) is 0 Å². The van der Waals surface area contributed by atoms with Gasteiger partial charge in [-0.1, -0.05) is 12.1 Å². The summed E-state index contributed by atoms with van der Waals surface area (Å²) >= 11 is 0. The zero-order valence-electron chi connectivity index (χ0n) is 11.2. The lowest BCUT2D eigenvalue weighted by molar-refractivity contribution is 0.301. The maximum absolute atomic E-state index is 6.96. The van der Waals surface area contributed by atoms with E-state index in [4.69, 9.17) is 20.6 Å². The molecule has 104 valence electrons. The predicted molar refractivity (Wildman–Crippen MR) is 74.9 cm³/mol. The average molecular weight is 272 g/mol. The zero-order chi connectivity index (χ0) is 14.4. The van der Waals surface area contributed by atoms with Gasteiger partial charge in [-0.15, -0.1) is 0 Å². The number of benzene rings is 1. The number of ether oxygens (including phenoxy) is 2. The minimum Gasteiger partial charge on any atom is -0.465 e. The number of aromatic nitrogens is 2. The fourth-order valence-corrected chi connectivity index (χ4v) is 1.54. The van der Waals surface area contributed by atoms with Gasteiger partial charge in [0.15, 0.2) is 0 Å². The number of hydrogen-bond donors (Lipinski definition) is 2. The Hall–Kier alpha value is -2.63. The van der Waals surface area contributed by atoms with Crippen LogP contribution >= 0.6 is 0 Å². The van der Waals surface area contributed by atoms with E-state index in [-0.39, 0.29) is 6.02 Å². The fraction of sp³-hybridized carbons (Fsp3) is 0.214. The highest BCUT2D eigenvalue weighted by molar-refractivity contribution is 5.67. The standard InChI is InChI=1S/C14H16N4O2/c1-10-8-17-14(18-9-10)20-12-4-2-11(3-5-12)6-7-19-13(15)16/h2-5,8-9H,6-7H2,1H3,(H3,15,16). The van der Waals surface area contributed by atoms with Crippen molar-refractivity contribution in [2.75, 3.05) is 6.61 Å². The highest BCUT2D eigenvalue weighted by Crippen LogP contribution is 2.18. The molecule has 6 heteroatoms. The van der Waals surface area contributed by atoms with Crippen LogP contribution in [0.2, 0.25) is 0 Å². The second kappa shape index (κ2) is 6.51. The molecule has 2 rings (SSSR count). The van der Waals surface area contributed by atoms with Gasteiger partial charge in [-0.05, 0) is 30.2 Å². The third-order valence-corrected chi connectivity index (χ3v) is 2.54. The summed E-state index contributed by atoms with van der Waals surface area (Å²) in [7, 11) is 0. The molecule has 1 aromatic carbocycles. The smallest absolute Gasteiger partial charge is 0.321 e. The van der Waals surface area contributed by atoms with Crippen molar-refractivity contribution in [2.24, 2.45) is 5.73 Å². The van der Waals surface area contributed by atoms with Crippen LogP contribution in [-0.2, 0) is 11.2 Å². The molecule has 0 unspecified atom stereocenters. The Balaban J connectivity index is 1.91. The van der Waals surface area contributed by atoms with Crippen LogP contribution in [0, 0.1) is 12.3 Å². The lowest BCUT2D eigenvalue weighted by Gasteiger charge is -2.06. The molecule has 0 aliphatic carbocycles. The van der Waals surface area contributed by atoms with Crippen LogP contribution in [0.25, 0.3) is 0 Å². The molecule has 0 aliphatic heterocycles. The molecule has 0 saturated carbocycles. The summed E-state index contributed by atoms with van der Waals surface area (Å²) in [5.74, 6) is 0.671. The van der Waals surface area contributed by atoms with E-state index in [0.29, 0.717) is 24.8 Å². The fourth-order valence-electron chi connectivity index (χ4n) is 1.54. The van der Waals surface area contributed by atoms with Crippen LogP contribution in [0.4, 0.5) is 0 Å². The summed E-state index contributed by atoms with van der Waals surface area (Å²) in [5.41, 5.74) is 7.16. The van der Waals surface area contributed by atoms with E-state index in [1.807, 2.05) is 31.2 Å². The molecular formula is C14H16N4O2. The molecule has 0 aliphatic rings. The summed E-state index contributed by atoms with van der Waals surface area (Å²) in [4.78, 5) is 8.15. The van der Waals surface area contributed by atoms with E-state index in [1.165, 1.54) is 0 Å². The van der Waals surface area contributed by atoms with Gasteiger partial charge in [0.25, 0.3) is 6.02 Å². The maximum Gasteiger partial charge on any atom is 0.321 e. The van der Waals surface area contributed by atoms with E-state index < -0.39 is 0 Å². The molecule has 20 heavy (non-hydrogen) atoms. The van der Waals surface area contributed by atoms with E-state index in [9.17, 15) is 0 Å². The molecule has 2 aromatic rings. The molecule has 0 atom stereocenters. The van der Waals surface area contributed by atoms with E-state index in [2.05, 4.69) is 9.97 Å². The number of aryl methyl sites for hydroxylation is 1. The monoisotopic (exact) mass is 272 g/mol. The molecule has 0 saturated heterocycles. The molecule has 0 amide bonds. The van der Waals surface area contributed by atoms with Gasteiger partial charge in [0, 0.05) is 18.8 Å². The minimum absolute atomic E-state index is 0.263. The Morgan fingerprint density at radius 1 is 1.20 bits per heavy atom. The summed E-state index contributed by atoms with van der Waals surface area (Å²) in [6, 6.07) is 7.59. The number of amidine groups is 1. The summed E-state index contributed by atoms with van der Waals surface area (Å²) < 4.78 is 10.4. The molecule has 0 radical (unpaired) electrons. The molecule has 0 fully saturated rings. The first-order valence-electron chi connectivity index (χ1n) is 6.16. The van der Waals surface area contributed by atoms with Crippen LogP contribution in [-0.4, -0.2) is 22.6 Å². The van der Waals surface area contributed by atoms with Crippen LogP contribution in [0.1, 0.15) is 11.1 Å². The van der Waals surface area contributed by atoms with E-state index in [1.54, 1.807) is 12.4 Å². The highest BCUT2D eigenvalue weighted by Gasteiger charge is 2.01. The van der Waals surface area contributed by atoms with Gasteiger partial charge in [-0.2, -0.15) is 0 Å². The SMILES string of the molecule is Cc1cnc(Oc2ccc(CCOC(=N)N)cc2)nc1. The topological polar surface area (TPSA) is 94.1 Å². The Bertz CT molecular complexity index is 567. The number of nitrogens with two attached hydrogens (primary N) is 1. The first-order valence-corrected chi connectivity index (χ1v) is 6.16. The van der Waals surface area contributed by atoms with Crippen LogP contribution < -0.4 is 10.5 Å². The minimum atomic E-state index is -0.263. The van der Waals surface area contributed by atoms with Crippen LogP contribution in [0.5, 0.6) is 11.8 Å².